The molecule has 2 heterocycles. The maximum atomic E-state index is 14.5. The van der Waals surface area contributed by atoms with Gasteiger partial charge in [-0.15, -0.1) is 0 Å². The molecule has 91 heavy (non-hydrogen) atoms. The number of hydrogen-bond donors (Lipinski definition) is 2. The first-order valence-corrected chi connectivity index (χ1v) is 31.2. The number of benzene rings is 8. The van der Waals surface area contributed by atoms with E-state index < -0.39 is 23.3 Å². The number of nitrogens with zero attached hydrogens (tertiary/aromatic N) is 2. The van der Waals surface area contributed by atoms with Crippen LogP contribution in [0, 0.1) is 49.0 Å². The van der Waals surface area contributed by atoms with E-state index >= 15 is 0 Å². The van der Waals surface area contributed by atoms with Crippen molar-refractivity contribution >= 4 is 43.6 Å². The Bertz CT molecular complexity index is 3880. The van der Waals surface area contributed by atoms with Crippen molar-refractivity contribution in [2.24, 2.45) is 10.8 Å². The predicted octanol–water partition coefficient (Wildman–Crippen LogP) is 24.4. The molecule has 0 saturated heterocycles. The summed E-state index contributed by atoms with van der Waals surface area (Å²) in [4.78, 5) is 0. The number of rotatable bonds is 8. The maximum absolute atomic E-state index is 14.5. The van der Waals surface area contributed by atoms with E-state index in [1.165, 1.54) is 46.5 Å². The van der Waals surface area contributed by atoms with Gasteiger partial charge >= 0.3 is 0 Å². The minimum absolute atomic E-state index is 0. The molecule has 10 rings (SSSR count). The summed E-state index contributed by atoms with van der Waals surface area (Å²) in [5.41, 5.74) is 12.7. The van der Waals surface area contributed by atoms with Crippen molar-refractivity contribution in [2.45, 2.75) is 198 Å². The molecule has 2 aromatic heterocycles. The third kappa shape index (κ3) is 15.5. The van der Waals surface area contributed by atoms with Gasteiger partial charge in [-0.25, -0.2) is 17.6 Å². The van der Waals surface area contributed by atoms with Gasteiger partial charge in [-0.05, 0) is 198 Å². The summed E-state index contributed by atoms with van der Waals surface area (Å²) < 4.78 is 62.4. The van der Waals surface area contributed by atoms with E-state index in [1.807, 2.05) is 12.1 Å². The third-order valence-electron chi connectivity index (χ3n) is 17.5. The molecule has 0 atom stereocenters. The standard InChI is InChI=1S/2C40H47F2NO.2CH3.Hf/c2*1-37(2,3)23-40(10,11)27-20-30(24-16-28(41)22-29(42)17-24)36(44)35(21-27)43-33-14-12-25(38(4,5)6)18-31(33)32-19-26(39(7,8)9)13-15-34(32)43;;;/h2*12-22,44H,23H2,1-11H3;2*1H3;/q;;2*-1;. The zero-order valence-electron chi connectivity index (χ0n) is 58.9. The molecule has 4 nitrogen and oxygen atoms in total. The largest absolute Gasteiger partial charge is 0.505 e. The number of fused-ring (bicyclic) bond motifs is 6. The van der Waals surface area contributed by atoms with Gasteiger partial charge in [0.1, 0.15) is 34.8 Å². The van der Waals surface area contributed by atoms with Crippen LogP contribution >= 0.6 is 0 Å². The molecule has 484 valence electrons. The Hall–Kier alpha value is -6.45. The third-order valence-corrected chi connectivity index (χ3v) is 17.5. The average molecular weight is 1400 g/mol. The molecular formula is C82H100F4HfN2O2-2. The summed E-state index contributed by atoms with van der Waals surface area (Å²) in [6, 6.07) is 41.1. The number of aromatic hydroxyl groups is 2. The van der Waals surface area contributed by atoms with Crippen molar-refractivity contribution in [1.82, 2.24) is 9.13 Å². The molecule has 0 aliphatic carbocycles. The number of phenolic OH excluding ortho intramolecular Hbond substituents is 2. The second-order valence-electron chi connectivity index (χ2n) is 32.9. The Morgan fingerprint density at radius 1 is 0.308 bits per heavy atom. The molecule has 10 aromatic rings. The monoisotopic (exact) mass is 1400 g/mol. The summed E-state index contributed by atoms with van der Waals surface area (Å²) in [6.45, 7) is 48.6. The van der Waals surface area contributed by atoms with Gasteiger partial charge in [0, 0.05) is 70.6 Å². The second-order valence-corrected chi connectivity index (χ2v) is 32.9. The first kappa shape index (κ1) is 73.6. The summed E-state index contributed by atoms with van der Waals surface area (Å²) >= 11 is 0. The molecule has 0 amide bonds. The van der Waals surface area contributed by atoms with Crippen molar-refractivity contribution in [2.75, 3.05) is 0 Å². The quantitative estimate of drug-likeness (QED) is 0.0905. The SMILES string of the molecule is CC(C)(C)CC(C)(C)c1cc(-c2cc(F)cc(F)c2)c(O)c(-n2c3ccc(C(C)(C)C)cc3c3cc(C(C)(C)C)ccc32)c1.CC(C)(C)CC(C)(C)c1cc(-c2cc(F)cc(F)c2)c(O)c(-n2c3ccc(C(C)(C)C)cc3c3cc(C(C)(C)C)ccc32)c1.[CH3-].[CH3-].[Hf]. The van der Waals surface area contributed by atoms with Gasteiger partial charge in [0.25, 0.3) is 0 Å². The Balaban J connectivity index is 0.000000280. The number of phenols is 2. The van der Waals surface area contributed by atoms with Crippen LogP contribution in [0.25, 0.3) is 77.2 Å². The van der Waals surface area contributed by atoms with E-state index in [0.717, 1.165) is 79.7 Å². The van der Waals surface area contributed by atoms with E-state index in [2.05, 4.69) is 246 Å². The van der Waals surface area contributed by atoms with Crippen LogP contribution in [0.1, 0.15) is 199 Å². The van der Waals surface area contributed by atoms with Crippen LogP contribution in [-0.4, -0.2) is 19.3 Å². The summed E-state index contributed by atoms with van der Waals surface area (Å²) in [6.07, 6.45) is 1.75. The van der Waals surface area contributed by atoms with Crippen LogP contribution in [0.2, 0.25) is 0 Å². The Labute approximate surface area is 561 Å². The van der Waals surface area contributed by atoms with Crippen molar-refractivity contribution in [1.29, 1.82) is 0 Å². The van der Waals surface area contributed by atoms with Gasteiger partial charge in [0.05, 0.1) is 33.4 Å². The Morgan fingerprint density at radius 3 is 0.747 bits per heavy atom. The van der Waals surface area contributed by atoms with Crippen molar-refractivity contribution in [3.8, 4) is 45.1 Å². The van der Waals surface area contributed by atoms with Crippen LogP contribution in [0.5, 0.6) is 11.5 Å². The average Bonchev–Trinajstić information content (AvgIpc) is 1.60. The van der Waals surface area contributed by atoms with E-state index in [-0.39, 0.29) is 95.5 Å². The van der Waals surface area contributed by atoms with E-state index in [4.69, 9.17) is 0 Å². The maximum Gasteiger partial charge on any atom is 0.147 e. The van der Waals surface area contributed by atoms with Crippen LogP contribution in [0.15, 0.2) is 133 Å². The Kier molecular flexibility index (Phi) is 20.6. The van der Waals surface area contributed by atoms with E-state index in [9.17, 15) is 27.8 Å². The Morgan fingerprint density at radius 2 is 0.538 bits per heavy atom. The summed E-state index contributed by atoms with van der Waals surface area (Å²) in [7, 11) is 0. The minimum atomic E-state index is -0.679. The van der Waals surface area contributed by atoms with Gasteiger partial charge in [0.15, 0.2) is 0 Å². The fourth-order valence-corrected chi connectivity index (χ4v) is 13.5. The minimum Gasteiger partial charge on any atom is -0.505 e. The van der Waals surface area contributed by atoms with Crippen LogP contribution in [-0.2, 0) is 58.3 Å². The molecule has 0 fully saturated rings. The van der Waals surface area contributed by atoms with Crippen molar-refractivity contribution in [3.63, 3.8) is 0 Å². The first-order chi connectivity index (χ1) is 40.3. The second kappa shape index (κ2) is 25.5. The molecule has 0 bridgehead atoms. The molecule has 0 saturated carbocycles. The molecule has 0 unspecified atom stereocenters. The number of hydrogen-bond acceptors (Lipinski definition) is 2. The van der Waals surface area contributed by atoms with E-state index in [1.54, 1.807) is 0 Å². The molecule has 0 radical (unpaired) electrons. The topological polar surface area (TPSA) is 50.3 Å². The fraction of sp³-hybridized carbons (Fsp3) is 0.390. The van der Waals surface area contributed by atoms with Gasteiger partial charge in [-0.2, -0.15) is 0 Å². The molecular weight excluding hydrogens is 1300 g/mol. The van der Waals surface area contributed by atoms with Gasteiger partial charge in [0.2, 0.25) is 0 Å². The summed E-state index contributed by atoms with van der Waals surface area (Å²) in [5.74, 6) is -2.74. The molecule has 0 aliphatic heterocycles. The van der Waals surface area contributed by atoms with Crippen molar-refractivity contribution < 1.29 is 53.6 Å². The molecule has 9 heteroatoms. The fourth-order valence-electron chi connectivity index (χ4n) is 13.5. The number of aromatic nitrogens is 2. The predicted molar refractivity (Wildman–Crippen MR) is 377 cm³/mol. The molecule has 0 aliphatic rings. The smallest absolute Gasteiger partial charge is 0.147 e. The van der Waals surface area contributed by atoms with Gasteiger partial charge < -0.3 is 34.2 Å². The summed E-state index contributed by atoms with van der Waals surface area (Å²) in [5, 5.41) is 28.5. The van der Waals surface area contributed by atoms with Crippen LogP contribution < -0.4 is 0 Å². The first-order valence-electron chi connectivity index (χ1n) is 31.2. The molecule has 2 N–H and O–H groups in total. The van der Waals surface area contributed by atoms with Gasteiger partial charge in [-0.3, -0.25) is 0 Å². The molecule has 0 spiro atoms. The zero-order valence-corrected chi connectivity index (χ0v) is 62.5. The number of halogens is 4. The van der Waals surface area contributed by atoms with E-state index in [0.29, 0.717) is 33.6 Å². The molecule has 8 aromatic carbocycles. The van der Waals surface area contributed by atoms with Crippen LogP contribution in [0.4, 0.5) is 17.6 Å². The van der Waals surface area contributed by atoms with Crippen molar-refractivity contribution in [3.05, 3.63) is 205 Å². The normalized spacial score (nSPS) is 12.9. The zero-order chi connectivity index (χ0) is 65.1. The van der Waals surface area contributed by atoms with Gasteiger partial charge in [-0.1, -0.05) is 177 Å². The van der Waals surface area contributed by atoms with Crippen LogP contribution in [0.3, 0.4) is 0 Å².